The molecule has 0 radical (unpaired) electrons. The van der Waals surface area contributed by atoms with Crippen LogP contribution in [0.3, 0.4) is 0 Å². The second-order valence-electron chi connectivity index (χ2n) is 12.0. The number of rotatable bonds is 9. The number of hydrogen-bond acceptors (Lipinski definition) is 6. The molecule has 0 aliphatic heterocycles. The summed E-state index contributed by atoms with van der Waals surface area (Å²) >= 11 is 3.58. The number of benzene rings is 3. The molecular formula is C35H41BrN2O6. The number of ether oxygens (including phenoxy) is 2. The molecule has 3 aromatic carbocycles. The molecule has 9 heteroatoms. The van der Waals surface area contributed by atoms with E-state index in [9.17, 15) is 19.5 Å². The highest BCUT2D eigenvalue weighted by Gasteiger charge is 2.56. The Morgan fingerprint density at radius 3 is 2.05 bits per heavy atom. The molecule has 1 fully saturated rings. The van der Waals surface area contributed by atoms with E-state index in [2.05, 4.69) is 26.6 Å². The van der Waals surface area contributed by atoms with Crippen molar-refractivity contribution in [2.45, 2.75) is 65.9 Å². The van der Waals surface area contributed by atoms with E-state index in [1.165, 1.54) is 14.0 Å². The molecule has 0 bridgehead atoms. The maximum Gasteiger partial charge on any atom is 0.235 e. The van der Waals surface area contributed by atoms with Crippen molar-refractivity contribution in [2.75, 3.05) is 24.4 Å². The Morgan fingerprint density at radius 2 is 1.52 bits per heavy atom. The topological polar surface area (TPSA) is 114 Å². The van der Waals surface area contributed by atoms with Crippen LogP contribution in [0.4, 0.5) is 11.4 Å². The molecule has 0 spiro atoms. The third-order valence-electron chi connectivity index (χ3n) is 8.20. The Labute approximate surface area is 267 Å². The van der Waals surface area contributed by atoms with Crippen molar-refractivity contribution < 1.29 is 29.0 Å². The maximum atomic E-state index is 14.2. The molecule has 234 valence electrons. The van der Waals surface area contributed by atoms with Crippen molar-refractivity contribution >= 4 is 44.9 Å². The predicted molar refractivity (Wildman–Crippen MR) is 176 cm³/mol. The minimum atomic E-state index is -1.75. The van der Waals surface area contributed by atoms with Crippen LogP contribution in [0.2, 0.25) is 0 Å². The number of aryl methyl sites for hydroxylation is 4. The number of nitrogens with one attached hydrogen (secondary N) is 2. The lowest BCUT2D eigenvalue weighted by Gasteiger charge is -2.44. The van der Waals surface area contributed by atoms with Gasteiger partial charge in [0.2, 0.25) is 11.8 Å². The largest absolute Gasteiger partial charge is 0.493 e. The van der Waals surface area contributed by atoms with E-state index < -0.39 is 41.0 Å². The second-order valence-corrected chi connectivity index (χ2v) is 12.8. The van der Waals surface area contributed by atoms with E-state index >= 15 is 0 Å². The molecule has 1 aliphatic carbocycles. The van der Waals surface area contributed by atoms with Crippen molar-refractivity contribution in [2.24, 2.45) is 11.8 Å². The van der Waals surface area contributed by atoms with Crippen molar-refractivity contribution in [1.29, 1.82) is 0 Å². The molecule has 1 aliphatic rings. The van der Waals surface area contributed by atoms with Gasteiger partial charge in [-0.2, -0.15) is 0 Å². The number of halogens is 1. The number of carbonyl (C=O) groups is 3. The van der Waals surface area contributed by atoms with E-state index in [0.29, 0.717) is 39.5 Å². The molecule has 3 N–H and O–H groups in total. The summed E-state index contributed by atoms with van der Waals surface area (Å²) in [7, 11) is 1.50. The van der Waals surface area contributed by atoms with Gasteiger partial charge in [0.1, 0.15) is 11.7 Å². The number of ketones is 1. The van der Waals surface area contributed by atoms with Crippen LogP contribution in [0, 0.1) is 39.5 Å². The maximum absolute atomic E-state index is 14.2. The van der Waals surface area contributed by atoms with Gasteiger partial charge >= 0.3 is 0 Å². The summed E-state index contributed by atoms with van der Waals surface area (Å²) in [5, 5.41) is 17.7. The quantitative estimate of drug-likeness (QED) is 0.217. The van der Waals surface area contributed by atoms with E-state index in [0.717, 1.165) is 28.7 Å². The first-order chi connectivity index (χ1) is 20.8. The number of methoxy groups -OCH3 is 1. The summed E-state index contributed by atoms with van der Waals surface area (Å²) in [6, 6.07) is 14.7. The van der Waals surface area contributed by atoms with Gasteiger partial charge in [0.05, 0.1) is 29.7 Å². The standard InChI is InChI=1S/C35H41BrN2O6/c1-8-13-44-32-24(36)16-23(17-28(32)43-7)29-30(33(40)37-25-11-9-19(2)14-21(25)4)27(39)18-35(6,42)31(29)34(41)38-26-12-10-20(3)15-22(26)5/h9-12,14-17,29-31,42H,8,13,18H2,1-7H3,(H,37,40)(H,38,41). The summed E-state index contributed by atoms with van der Waals surface area (Å²) in [6.45, 7) is 11.6. The van der Waals surface area contributed by atoms with Gasteiger partial charge in [0.15, 0.2) is 11.5 Å². The number of carbonyl (C=O) groups excluding carboxylic acids is 3. The SMILES string of the molecule is CCCOc1c(Br)cc(C2C(C(=O)Nc3ccc(C)cc3C)C(=O)CC(C)(O)C2C(=O)Nc2ccc(C)cc2C)cc1OC. The molecule has 0 heterocycles. The minimum Gasteiger partial charge on any atom is -0.493 e. The lowest BCUT2D eigenvalue weighted by atomic mass is 9.61. The third-order valence-corrected chi connectivity index (χ3v) is 8.79. The molecular weight excluding hydrogens is 624 g/mol. The van der Waals surface area contributed by atoms with Crippen molar-refractivity contribution in [3.8, 4) is 11.5 Å². The highest BCUT2D eigenvalue weighted by atomic mass is 79.9. The van der Waals surface area contributed by atoms with Gasteiger partial charge < -0.3 is 25.2 Å². The van der Waals surface area contributed by atoms with Crippen LogP contribution in [0.15, 0.2) is 53.0 Å². The first kappa shape index (κ1) is 33.2. The van der Waals surface area contributed by atoms with Crippen LogP contribution in [0.1, 0.15) is 60.4 Å². The first-order valence-corrected chi connectivity index (χ1v) is 15.6. The molecule has 4 atom stereocenters. The zero-order valence-corrected chi connectivity index (χ0v) is 27.9. The van der Waals surface area contributed by atoms with Gasteiger partial charge in [0, 0.05) is 23.7 Å². The number of anilines is 2. The van der Waals surface area contributed by atoms with E-state index in [1.807, 2.05) is 65.0 Å². The highest BCUT2D eigenvalue weighted by Crippen LogP contribution is 2.49. The monoisotopic (exact) mass is 664 g/mol. The predicted octanol–water partition coefficient (Wildman–Crippen LogP) is 6.80. The third kappa shape index (κ3) is 7.00. The number of amides is 2. The van der Waals surface area contributed by atoms with Crippen molar-refractivity contribution in [3.05, 3.63) is 80.8 Å². The van der Waals surface area contributed by atoms with Crippen LogP contribution < -0.4 is 20.1 Å². The Morgan fingerprint density at radius 1 is 0.955 bits per heavy atom. The van der Waals surface area contributed by atoms with Crippen LogP contribution >= 0.6 is 15.9 Å². The zero-order chi connectivity index (χ0) is 32.3. The summed E-state index contributed by atoms with van der Waals surface area (Å²) in [5.41, 5.74) is 3.66. The fourth-order valence-electron chi connectivity index (χ4n) is 6.10. The average Bonchev–Trinajstić information content (AvgIpc) is 2.94. The van der Waals surface area contributed by atoms with Gasteiger partial charge in [0.25, 0.3) is 0 Å². The molecule has 0 saturated heterocycles. The van der Waals surface area contributed by atoms with Crippen LogP contribution in [-0.4, -0.2) is 42.0 Å². The molecule has 3 aromatic rings. The number of aliphatic hydroxyl groups is 1. The fraction of sp³-hybridized carbons (Fsp3) is 0.400. The Kier molecular flexibility index (Phi) is 10.2. The molecule has 4 unspecified atom stereocenters. The summed E-state index contributed by atoms with van der Waals surface area (Å²) in [5.74, 6) is -4.13. The first-order valence-electron chi connectivity index (χ1n) is 14.8. The normalized spacial score (nSPS) is 21.5. The van der Waals surface area contributed by atoms with E-state index in [4.69, 9.17) is 9.47 Å². The van der Waals surface area contributed by atoms with Gasteiger partial charge in [-0.3, -0.25) is 14.4 Å². The molecule has 8 nitrogen and oxygen atoms in total. The number of Topliss-reactive ketones (excluding diaryl/α,β-unsaturated/α-hetero) is 1. The van der Waals surface area contributed by atoms with Crippen LogP contribution in [0.5, 0.6) is 11.5 Å². The Bertz CT molecular complexity index is 1580. The zero-order valence-electron chi connectivity index (χ0n) is 26.3. The van der Waals surface area contributed by atoms with Crippen LogP contribution in [0.25, 0.3) is 0 Å². The highest BCUT2D eigenvalue weighted by molar-refractivity contribution is 9.10. The average molecular weight is 666 g/mol. The van der Waals surface area contributed by atoms with Gasteiger partial charge in [-0.15, -0.1) is 0 Å². The van der Waals surface area contributed by atoms with Crippen LogP contribution in [-0.2, 0) is 14.4 Å². The second kappa shape index (κ2) is 13.5. The Balaban J connectivity index is 1.86. The van der Waals surface area contributed by atoms with Gasteiger partial charge in [-0.1, -0.05) is 42.3 Å². The van der Waals surface area contributed by atoms with E-state index in [1.54, 1.807) is 18.2 Å². The Hall–Kier alpha value is -3.69. The minimum absolute atomic E-state index is 0.366. The smallest absolute Gasteiger partial charge is 0.235 e. The fourth-order valence-corrected chi connectivity index (χ4v) is 6.67. The molecule has 2 amide bonds. The summed E-state index contributed by atoms with van der Waals surface area (Å²) in [6.07, 6.45) is 0.411. The van der Waals surface area contributed by atoms with Crippen molar-refractivity contribution in [3.63, 3.8) is 0 Å². The lowest BCUT2D eigenvalue weighted by Crippen LogP contribution is -2.56. The summed E-state index contributed by atoms with van der Waals surface area (Å²) in [4.78, 5) is 42.1. The molecule has 0 aromatic heterocycles. The lowest BCUT2D eigenvalue weighted by molar-refractivity contribution is -0.150. The molecule has 4 rings (SSSR count). The van der Waals surface area contributed by atoms with Crippen molar-refractivity contribution in [1.82, 2.24) is 0 Å². The van der Waals surface area contributed by atoms with E-state index in [-0.39, 0.29) is 6.42 Å². The summed E-state index contributed by atoms with van der Waals surface area (Å²) < 4.78 is 12.1. The molecule has 1 saturated carbocycles. The van der Waals surface area contributed by atoms with Gasteiger partial charge in [-0.05, 0) is 97.9 Å². The molecule has 44 heavy (non-hydrogen) atoms. The van der Waals surface area contributed by atoms with Gasteiger partial charge in [-0.25, -0.2) is 0 Å². The number of hydrogen-bond donors (Lipinski definition) is 3.